The number of benzene rings is 1. The fourth-order valence-electron chi connectivity index (χ4n) is 3.31. The number of nitrogens with zero attached hydrogens (tertiary/aromatic N) is 3. The van der Waals surface area contributed by atoms with E-state index in [1.54, 1.807) is 6.07 Å². The maximum Gasteiger partial charge on any atom is 0.222 e. The normalized spacial score (nSPS) is 18.2. The molecule has 0 spiro atoms. The van der Waals surface area contributed by atoms with Crippen molar-refractivity contribution in [3.8, 4) is 0 Å². The lowest BCUT2D eigenvalue weighted by Crippen LogP contribution is -2.36. The van der Waals surface area contributed by atoms with Crippen molar-refractivity contribution in [1.82, 2.24) is 9.97 Å². The van der Waals surface area contributed by atoms with Gasteiger partial charge in [-0.3, -0.25) is 0 Å². The Morgan fingerprint density at radius 2 is 2.13 bits per heavy atom. The van der Waals surface area contributed by atoms with Gasteiger partial charge >= 0.3 is 0 Å². The molecule has 122 valence electrons. The van der Waals surface area contributed by atoms with Gasteiger partial charge in [0.2, 0.25) is 5.95 Å². The molecule has 1 fully saturated rings. The van der Waals surface area contributed by atoms with E-state index in [4.69, 9.17) is 5.73 Å². The van der Waals surface area contributed by atoms with Crippen LogP contribution in [0.25, 0.3) is 0 Å². The van der Waals surface area contributed by atoms with Crippen LogP contribution >= 0.6 is 0 Å². The third kappa shape index (κ3) is 3.97. The number of nitrogen functional groups attached to an aromatic ring is 1. The highest BCUT2D eigenvalue weighted by molar-refractivity contribution is 5.43. The Balaban J connectivity index is 1.63. The Hall–Kier alpha value is -2.17. The minimum Gasteiger partial charge on any atom is -0.368 e. The van der Waals surface area contributed by atoms with Gasteiger partial charge in [0, 0.05) is 24.8 Å². The minimum absolute atomic E-state index is 0.0978. The fraction of sp³-hybridized carbons (Fsp3) is 0.444. The number of aromatic nitrogens is 2. The molecule has 1 saturated heterocycles. The molecule has 0 radical (unpaired) electrons. The standard InChI is InChI=1S/C18H23FN4/c1-13-11-17(22-18(20)21-13)23-10-4-5-14(12-23)8-9-15-6-2-3-7-16(15)19/h2-3,6-7,11,14H,4-5,8-10,12H2,1H3,(H2,20,21,22)/t14-/m1/s1. The van der Waals surface area contributed by atoms with Crippen LogP contribution in [0.3, 0.4) is 0 Å². The first-order valence-electron chi connectivity index (χ1n) is 8.21. The highest BCUT2D eigenvalue weighted by Crippen LogP contribution is 2.26. The maximum absolute atomic E-state index is 13.7. The summed E-state index contributed by atoms with van der Waals surface area (Å²) in [6.45, 7) is 3.87. The van der Waals surface area contributed by atoms with Crippen molar-refractivity contribution in [2.75, 3.05) is 23.7 Å². The van der Waals surface area contributed by atoms with Gasteiger partial charge in [-0.05, 0) is 50.2 Å². The van der Waals surface area contributed by atoms with Crippen molar-refractivity contribution < 1.29 is 4.39 Å². The summed E-state index contributed by atoms with van der Waals surface area (Å²) in [6, 6.07) is 9.04. The van der Waals surface area contributed by atoms with Crippen molar-refractivity contribution in [3.63, 3.8) is 0 Å². The molecular formula is C18H23FN4. The number of hydrogen-bond donors (Lipinski definition) is 1. The zero-order valence-corrected chi connectivity index (χ0v) is 13.5. The minimum atomic E-state index is -0.0978. The van der Waals surface area contributed by atoms with Crippen LogP contribution in [0.2, 0.25) is 0 Å². The molecule has 0 saturated carbocycles. The van der Waals surface area contributed by atoms with Gasteiger partial charge in [0.15, 0.2) is 0 Å². The van der Waals surface area contributed by atoms with Crippen molar-refractivity contribution in [2.24, 2.45) is 5.92 Å². The number of nitrogens with two attached hydrogens (primary N) is 1. The first kappa shape index (κ1) is 15.7. The molecule has 23 heavy (non-hydrogen) atoms. The summed E-state index contributed by atoms with van der Waals surface area (Å²) >= 11 is 0. The summed E-state index contributed by atoms with van der Waals surface area (Å²) in [6.07, 6.45) is 4.10. The van der Waals surface area contributed by atoms with E-state index in [0.717, 1.165) is 49.4 Å². The fourth-order valence-corrected chi connectivity index (χ4v) is 3.31. The van der Waals surface area contributed by atoms with Crippen molar-refractivity contribution in [3.05, 3.63) is 47.4 Å². The second kappa shape index (κ2) is 6.94. The van der Waals surface area contributed by atoms with Crippen LogP contribution in [0, 0.1) is 18.7 Å². The smallest absolute Gasteiger partial charge is 0.222 e. The average molecular weight is 314 g/mol. The maximum atomic E-state index is 13.7. The summed E-state index contributed by atoms with van der Waals surface area (Å²) in [5, 5.41) is 0. The van der Waals surface area contributed by atoms with Gasteiger partial charge < -0.3 is 10.6 Å². The molecule has 1 atom stereocenters. The molecule has 2 N–H and O–H groups in total. The molecular weight excluding hydrogens is 291 g/mol. The monoisotopic (exact) mass is 314 g/mol. The van der Waals surface area contributed by atoms with Crippen LogP contribution in [0.15, 0.2) is 30.3 Å². The van der Waals surface area contributed by atoms with E-state index < -0.39 is 0 Å². The first-order chi connectivity index (χ1) is 11.1. The van der Waals surface area contributed by atoms with E-state index in [1.165, 1.54) is 12.5 Å². The van der Waals surface area contributed by atoms with Gasteiger partial charge in [0.05, 0.1) is 0 Å². The predicted molar refractivity (Wildman–Crippen MR) is 90.8 cm³/mol. The van der Waals surface area contributed by atoms with Gasteiger partial charge in [-0.2, -0.15) is 4.98 Å². The molecule has 3 rings (SSSR count). The number of aryl methyl sites for hydroxylation is 2. The number of rotatable bonds is 4. The Kier molecular flexibility index (Phi) is 4.74. The second-order valence-corrected chi connectivity index (χ2v) is 6.31. The molecule has 1 aliphatic rings. The molecule has 1 aromatic heterocycles. The lowest BCUT2D eigenvalue weighted by Gasteiger charge is -2.33. The number of piperidine rings is 1. The topological polar surface area (TPSA) is 55.0 Å². The summed E-state index contributed by atoms with van der Waals surface area (Å²) < 4.78 is 13.7. The summed E-state index contributed by atoms with van der Waals surface area (Å²) in [7, 11) is 0. The van der Waals surface area contributed by atoms with Gasteiger partial charge in [0.1, 0.15) is 11.6 Å². The van der Waals surface area contributed by atoms with Crippen LogP contribution in [0.4, 0.5) is 16.2 Å². The molecule has 1 aliphatic heterocycles. The SMILES string of the molecule is Cc1cc(N2CCC[C@H](CCc3ccccc3F)C2)nc(N)n1. The Labute approximate surface area is 136 Å². The number of halogens is 1. The summed E-state index contributed by atoms with van der Waals surface area (Å²) in [5.41, 5.74) is 7.46. The molecule has 4 nitrogen and oxygen atoms in total. The molecule has 0 unspecified atom stereocenters. The third-order valence-electron chi connectivity index (χ3n) is 4.48. The molecule has 5 heteroatoms. The Morgan fingerprint density at radius 3 is 2.91 bits per heavy atom. The summed E-state index contributed by atoms with van der Waals surface area (Å²) in [5.74, 6) is 1.69. The molecule has 1 aromatic carbocycles. The predicted octanol–water partition coefficient (Wildman–Crippen LogP) is 3.36. The average Bonchev–Trinajstić information content (AvgIpc) is 2.53. The Morgan fingerprint density at radius 1 is 1.30 bits per heavy atom. The highest BCUT2D eigenvalue weighted by Gasteiger charge is 2.21. The molecule has 0 amide bonds. The van der Waals surface area contributed by atoms with E-state index >= 15 is 0 Å². The summed E-state index contributed by atoms with van der Waals surface area (Å²) in [4.78, 5) is 10.8. The van der Waals surface area contributed by atoms with Crippen LogP contribution in [0.1, 0.15) is 30.5 Å². The van der Waals surface area contributed by atoms with Crippen molar-refractivity contribution in [1.29, 1.82) is 0 Å². The van der Waals surface area contributed by atoms with Gasteiger partial charge in [-0.1, -0.05) is 18.2 Å². The highest BCUT2D eigenvalue weighted by atomic mass is 19.1. The Bertz CT molecular complexity index is 654. The van der Waals surface area contributed by atoms with Crippen LogP contribution in [-0.2, 0) is 6.42 Å². The van der Waals surface area contributed by atoms with Gasteiger partial charge in [-0.15, -0.1) is 0 Å². The van der Waals surface area contributed by atoms with E-state index in [-0.39, 0.29) is 5.82 Å². The molecule has 0 bridgehead atoms. The van der Waals surface area contributed by atoms with Crippen molar-refractivity contribution >= 4 is 11.8 Å². The molecule has 2 aromatic rings. The third-order valence-corrected chi connectivity index (χ3v) is 4.48. The van der Waals surface area contributed by atoms with E-state index in [0.29, 0.717) is 11.9 Å². The van der Waals surface area contributed by atoms with E-state index in [1.807, 2.05) is 25.1 Å². The van der Waals surface area contributed by atoms with E-state index in [2.05, 4.69) is 14.9 Å². The zero-order valence-electron chi connectivity index (χ0n) is 13.5. The van der Waals surface area contributed by atoms with Crippen molar-refractivity contribution in [2.45, 2.75) is 32.6 Å². The lowest BCUT2D eigenvalue weighted by molar-refractivity contribution is 0.388. The quantitative estimate of drug-likeness (QED) is 0.940. The van der Waals surface area contributed by atoms with Gasteiger partial charge in [-0.25, -0.2) is 9.37 Å². The lowest BCUT2D eigenvalue weighted by atomic mass is 9.91. The molecule has 0 aliphatic carbocycles. The van der Waals surface area contributed by atoms with Crippen LogP contribution in [-0.4, -0.2) is 23.1 Å². The first-order valence-corrected chi connectivity index (χ1v) is 8.21. The van der Waals surface area contributed by atoms with Crippen LogP contribution < -0.4 is 10.6 Å². The molecule has 2 heterocycles. The van der Waals surface area contributed by atoms with Gasteiger partial charge in [0.25, 0.3) is 0 Å². The number of hydrogen-bond acceptors (Lipinski definition) is 4. The zero-order chi connectivity index (χ0) is 16.2. The number of anilines is 2. The van der Waals surface area contributed by atoms with Crippen LogP contribution in [0.5, 0.6) is 0 Å². The largest absolute Gasteiger partial charge is 0.368 e. The second-order valence-electron chi connectivity index (χ2n) is 6.31. The van der Waals surface area contributed by atoms with E-state index in [9.17, 15) is 4.39 Å².